The Morgan fingerprint density at radius 1 is 1.25 bits per heavy atom. The highest BCUT2D eigenvalue weighted by Crippen LogP contribution is 2.22. The monoisotopic (exact) mass is 162 g/mol. The van der Waals surface area contributed by atoms with Crippen LogP contribution in [-0.4, -0.2) is 22.4 Å². The van der Waals surface area contributed by atoms with Crippen LogP contribution in [0.2, 0.25) is 0 Å². The second-order valence-corrected chi connectivity index (χ2v) is 3.02. The van der Waals surface area contributed by atoms with Crippen LogP contribution in [0.1, 0.15) is 11.1 Å². The molecule has 1 aliphatic rings. The molecule has 0 saturated carbocycles. The lowest BCUT2D eigenvalue weighted by Gasteiger charge is -2.24. The van der Waals surface area contributed by atoms with Crippen LogP contribution >= 0.6 is 0 Å². The third-order valence-corrected chi connectivity index (χ3v) is 2.11. The minimum Gasteiger partial charge on any atom is -0.390 e. The number of hydrogen-bond acceptors (Lipinski definition) is 2. The molecule has 1 aromatic rings. The maximum absolute atomic E-state index is 9.31. The molecule has 1 aliphatic carbocycles. The molecule has 12 heavy (non-hydrogen) atoms. The number of aliphatic hydroxyl groups excluding tert-OH is 2. The lowest BCUT2D eigenvalue weighted by molar-refractivity contribution is 0.0369. The Morgan fingerprint density at radius 2 is 2.00 bits per heavy atom. The SMILES string of the molecule is OC1[C]c2ccccc2CC1O. The van der Waals surface area contributed by atoms with Gasteiger partial charge in [0.25, 0.3) is 0 Å². The van der Waals surface area contributed by atoms with E-state index in [1.54, 1.807) is 0 Å². The van der Waals surface area contributed by atoms with Gasteiger partial charge in [0, 0.05) is 6.42 Å². The van der Waals surface area contributed by atoms with Crippen LogP contribution in [0.25, 0.3) is 0 Å². The summed E-state index contributed by atoms with van der Waals surface area (Å²) in [5.41, 5.74) is 1.96. The van der Waals surface area contributed by atoms with E-state index in [2.05, 4.69) is 6.42 Å². The predicted molar refractivity (Wildman–Crippen MR) is 44.5 cm³/mol. The summed E-state index contributed by atoms with van der Waals surface area (Å²) in [6.07, 6.45) is 1.81. The fraction of sp³-hybridized carbons (Fsp3) is 0.300. The molecule has 0 spiro atoms. The van der Waals surface area contributed by atoms with Crippen molar-refractivity contribution in [2.24, 2.45) is 0 Å². The van der Waals surface area contributed by atoms with Gasteiger partial charge in [-0.1, -0.05) is 24.3 Å². The Morgan fingerprint density at radius 3 is 2.83 bits per heavy atom. The van der Waals surface area contributed by atoms with Crippen molar-refractivity contribution in [2.45, 2.75) is 18.6 Å². The van der Waals surface area contributed by atoms with Crippen LogP contribution in [0.3, 0.4) is 0 Å². The number of benzene rings is 1. The summed E-state index contributed by atoms with van der Waals surface area (Å²) in [5, 5.41) is 18.6. The van der Waals surface area contributed by atoms with E-state index < -0.39 is 12.2 Å². The third kappa shape index (κ3) is 1.24. The summed E-state index contributed by atoms with van der Waals surface area (Å²) >= 11 is 0. The number of aliphatic hydroxyl groups is 2. The van der Waals surface area contributed by atoms with Crippen molar-refractivity contribution in [2.75, 3.05) is 0 Å². The Labute approximate surface area is 71.5 Å². The number of fused-ring (bicyclic) bond motifs is 1. The van der Waals surface area contributed by atoms with Crippen LogP contribution in [-0.2, 0) is 6.42 Å². The van der Waals surface area contributed by atoms with E-state index >= 15 is 0 Å². The Balaban J connectivity index is 2.34. The summed E-state index contributed by atoms with van der Waals surface area (Å²) in [5.74, 6) is 0. The van der Waals surface area contributed by atoms with E-state index in [1.165, 1.54) is 0 Å². The molecular formula is C10H10O2. The zero-order chi connectivity index (χ0) is 8.55. The highest BCUT2D eigenvalue weighted by atomic mass is 16.3. The largest absolute Gasteiger partial charge is 0.390 e. The summed E-state index contributed by atoms with van der Waals surface area (Å²) in [4.78, 5) is 0. The van der Waals surface area contributed by atoms with Gasteiger partial charge in [-0.3, -0.25) is 0 Å². The fourth-order valence-electron chi connectivity index (χ4n) is 1.43. The molecule has 2 nitrogen and oxygen atoms in total. The molecule has 0 heterocycles. The van der Waals surface area contributed by atoms with Crippen LogP contribution in [0.5, 0.6) is 0 Å². The molecule has 0 fully saturated rings. The van der Waals surface area contributed by atoms with Crippen molar-refractivity contribution < 1.29 is 10.2 Å². The summed E-state index contributed by atoms with van der Waals surface area (Å²) in [6.45, 7) is 0. The van der Waals surface area contributed by atoms with Crippen LogP contribution < -0.4 is 0 Å². The van der Waals surface area contributed by atoms with E-state index in [1.807, 2.05) is 24.3 Å². The van der Waals surface area contributed by atoms with Gasteiger partial charge in [0.15, 0.2) is 0 Å². The zero-order valence-electron chi connectivity index (χ0n) is 6.57. The second kappa shape index (κ2) is 2.88. The lowest BCUT2D eigenvalue weighted by atomic mass is 9.88. The van der Waals surface area contributed by atoms with Crippen molar-refractivity contribution in [3.63, 3.8) is 0 Å². The van der Waals surface area contributed by atoms with Gasteiger partial charge in [-0.15, -0.1) is 0 Å². The van der Waals surface area contributed by atoms with E-state index in [-0.39, 0.29) is 0 Å². The Kier molecular flexibility index (Phi) is 1.87. The van der Waals surface area contributed by atoms with Gasteiger partial charge in [-0.2, -0.15) is 0 Å². The third-order valence-electron chi connectivity index (χ3n) is 2.11. The molecule has 2 heteroatoms. The van der Waals surface area contributed by atoms with Gasteiger partial charge >= 0.3 is 0 Å². The Bertz CT molecular complexity index is 254. The highest BCUT2D eigenvalue weighted by Gasteiger charge is 2.24. The van der Waals surface area contributed by atoms with Crippen LogP contribution in [0.15, 0.2) is 24.3 Å². The minimum atomic E-state index is -0.833. The molecule has 2 rings (SSSR count). The van der Waals surface area contributed by atoms with Gasteiger partial charge in [0.05, 0.1) is 18.6 Å². The van der Waals surface area contributed by atoms with Crippen molar-refractivity contribution in [3.05, 3.63) is 41.8 Å². The van der Waals surface area contributed by atoms with Crippen molar-refractivity contribution >= 4 is 0 Å². The van der Waals surface area contributed by atoms with E-state index in [0.29, 0.717) is 6.42 Å². The normalized spacial score (nSPS) is 28.2. The average molecular weight is 162 g/mol. The molecule has 0 saturated heterocycles. The summed E-state index contributed by atoms with van der Waals surface area (Å²) < 4.78 is 0. The first kappa shape index (κ1) is 7.77. The molecule has 2 radical (unpaired) electrons. The number of hydrogen-bond donors (Lipinski definition) is 2. The molecule has 2 atom stereocenters. The topological polar surface area (TPSA) is 40.5 Å². The minimum absolute atomic E-state index is 0.518. The maximum Gasteiger partial charge on any atom is 0.0918 e. The molecule has 0 bridgehead atoms. The highest BCUT2D eigenvalue weighted by molar-refractivity contribution is 5.37. The molecule has 0 amide bonds. The lowest BCUT2D eigenvalue weighted by Crippen LogP contribution is -2.33. The van der Waals surface area contributed by atoms with E-state index in [9.17, 15) is 10.2 Å². The molecule has 0 aromatic heterocycles. The first-order chi connectivity index (χ1) is 5.77. The van der Waals surface area contributed by atoms with Gasteiger partial charge in [0.2, 0.25) is 0 Å². The fourth-order valence-corrected chi connectivity index (χ4v) is 1.43. The average Bonchev–Trinajstić information content (AvgIpc) is 2.07. The number of rotatable bonds is 0. The van der Waals surface area contributed by atoms with Crippen LogP contribution in [0, 0.1) is 6.42 Å². The first-order valence-corrected chi connectivity index (χ1v) is 3.98. The van der Waals surface area contributed by atoms with E-state index in [0.717, 1.165) is 11.1 Å². The van der Waals surface area contributed by atoms with Crippen molar-refractivity contribution in [3.8, 4) is 0 Å². The molecule has 2 N–H and O–H groups in total. The van der Waals surface area contributed by atoms with Crippen LogP contribution in [0.4, 0.5) is 0 Å². The smallest absolute Gasteiger partial charge is 0.0918 e. The van der Waals surface area contributed by atoms with Gasteiger partial charge in [0.1, 0.15) is 0 Å². The quantitative estimate of drug-likeness (QED) is 0.579. The molecule has 2 unspecified atom stereocenters. The van der Waals surface area contributed by atoms with Gasteiger partial charge in [-0.05, 0) is 11.1 Å². The maximum atomic E-state index is 9.31. The van der Waals surface area contributed by atoms with Gasteiger partial charge in [-0.25, -0.2) is 0 Å². The molecular weight excluding hydrogens is 152 g/mol. The molecule has 0 aliphatic heterocycles. The zero-order valence-corrected chi connectivity index (χ0v) is 6.57. The van der Waals surface area contributed by atoms with Crippen molar-refractivity contribution in [1.82, 2.24) is 0 Å². The van der Waals surface area contributed by atoms with Gasteiger partial charge < -0.3 is 10.2 Å². The summed E-state index contributed by atoms with van der Waals surface area (Å²) in [7, 11) is 0. The first-order valence-electron chi connectivity index (χ1n) is 3.98. The molecule has 62 valence electrons. The predicted octanol–water partition coefficient (Wildman–Crippen LogP) is 0.394. The van der Waals surface area contributed by atoms with E-state index in [4.69, 9.17) is 0 Å². The van der Waals surface area contributed by atoms with Crippen molar-refractivity contribution in [1.29, 1.82) is 0 Å². The standard InChI is InChI=1S/C10H10O2/c11-9-5-7-3-1-2-4-8(7)6-10(9)12/h1-4,9-12H,5H2. The Hall–Kier alpha value is -0.860. The molecule has 1 aromatic carbocycles. The summed E-state index contributed by atoms with van der Waals surface area (Å²) in [6, 6.07) is 7.66. The second-order valence-electron chi connectivity index (χ2n) is 3.02.